The Kier molecular flexibility index (Phi) is 3.82. The van der Waals surface area contributed by atoms with Crippen molar-refractivity contribution >= 4 is 7.60 Å². The highest BCUT2D eigenvalue weighted by Gasteiger charge is 2.39. The quantitative estimate of drug-likeness (QED) is 0.823. The first-order valence-electron chi connectivity index (χ1n) is 6.72. The van der Waals surface area contributed by atoms with Gasteiger partial charge in [0, 0.05) is 23.2 Å². The largest absolute Gasteiger partial charge is 0.434 e. The molecule has 10 heteroatoms. The van der Waals surface area contributed by atoms with Crippen molar-refractivity contribution in [3.8, 4) is 11.3 Å². The van der Waals surface area contributed by atoms with Crippen LogP contribution in [0.4, 0.5) is 13.2 Å². The maximum Gasteiger partial charge on any atom is 0.434 e. The van der Waals surface area contributed by atoms with Gasteiger partial charge in [-0.25, -0.2) is 0 Å². The van der Waals surface area contributed by atoms with E-state index in [2.05, 4.69) is 10.1 Å². The van der Waals surface area contributed by atoms with Crippen molar-refractivity contribution in [1.82, 2.24) is 10.1 Å². The molecule has 2 aromatic rings. The van der Waals surface area contributed by atoms with Crippen LogP contribution >= 0.6 is 7.60 Å². The van der Waals surface area contributed by atoms with Gasteiger partial charge in [-0.3, -0.25) is 9.55 Å². The van der Waals surface area contributed by atoms with Crippen molar-refractivity contribution in [2.45, 2.75) is 31.1 Å². The van der Waals surface area contributed by atoms with Gasteiger partial charge in [-0.1, -0.05) is 5.16 Å². The summed E-state index contributed by atoms with van der Waals surface area (Å²) in [5.74, 6) is 0.198. The minimum absolute atomic E-state index is 0.0272. The molecule has 0 spiro atoms. The molecule has 6 nitrogen and oxygen atoms in total. The molecule has 2 heterocycles. The van der Waals surface area contributed by atoms with Gasteiger partial charge >= 0.3 is 13.8 Å². The van der Waals surface area contributed by atoms with Crippen LogP contribution in [-0.4, -0.2) is 19.9 Å². The van der Waals surface area contributed by atoms with Gasteiger partial charge in [-0.2, -0.15) is 13.2 Å². The molecule has 3 rings (SSSR count). The van der Waals surface area contributed by atoms with Crippen molar-refractivity contribution in [1.29, 1.82) is 0 Å². The fourth-order valence-corrected chi connectivity index (χ4v) is 3.10. The SMILES string of the molecule is O=P(O)(O)Cc1c(-c2cccnc2C(F)(F)F)noc1C1CC1. The zero-order valence-corrected chi connectivity index (χ0v) is 12.5. The van der Waals surface area contributed by atoms with Crippen molar-refractivity contribution in [3.63, 3.8) is 0 Å². The Morgan fingerprint density at radius 3 is 2.61 bits per heavy atom. The second-order valence-corrected chi connectivity index (χ2v) is 7.01. The van der Waals surface area contributed by atoms with Gasteiger partial charge in [0.25, 0.3) is 0 Å². The van der Waals surface area contributed by atoms with Crippen LogP contribution in [0.5, 0.6) is 0 Å². The van der Waals surface area contributed by atoms with Crippen LogP contribution in [0.25, 0.3) is 11.3 Å². The highest BCUT2D eigenvalue weighted by atomic mass is 31.2. The summed E-state index contributed by atoms with van der Waals surface area (Å²) in [5.41, 5.74) is -1.70. The Labute approximate surface area is 128 Å². The highest BCUT2D eigenvalue weighted by molar-refractivity contribution is 7.50. The molecule has 0 unspecified atom stereocenters. The Morgan fingerprint density at radius 1 is 1.35 bits per heavy atom. The third kappa shape index (κ3) is 3.46. The van der Waals surface area contributed by atoms with Gasteiger partial charge in [0.1, 0.15) is 11.5 Å². The van der Waals surface area contributed by atoms with Gasteiger partial charge in [0.15, 0.2) is 5.69 Å². The van der Waals surface area contributed by atoms with Crippen LogP contribution in [-0.2, 0) is 16.9 Å². The zero-order chi connectivity index (χ0) is 16.8. The van der Waals surface area contributed by atoms with E-state index in [0.717, 1.165) is 25.1 Å². The van der Waals surface area contributed by atoms with Crippen LogP contribution < -0.4 is 0 Å². The van der Waals surface area contributed by atoms with Crippen LogP contribution in [0.15, 0.2) is 22.9 Å². The van der Waals surface area contributed by atoms with Crippen LogP contribution in [0.2, 0.25) is 0 Å². The Bertz CT molecular complexity index is 780. The summed E-state index contributed by atoms with van der Waals surface area (Å²) in [6.45, 7) is 0. The molecular formula is C13H12F3N2O4P. The standard InChI is InChI=1S/C13H12F3N2O4P/c14-13(15,16)12-8(2-1-5-17-12)10-9(6-23(19,20)21)11(22-18-10)7-3-4-7/h1-2,5,7H,3-4,6H2,(H2,19,20,21). The van der Waals surface area contributed by atoms with Gasteiger partial charge < -0.3 is 14.3 Å². The van der Waals surface area contributed by atoms with Gasteiger partial charge in [0.2, 0.25) is 0 Å². The van der Waals surface area contributed by atoms with E-state index in [1.165, 1.54) is 6.07 Å². The molecule has 1 fully saturated rings. The molecule has 0 amide bonds. The van der Waals surface area contributed by atoms with Crippen molar-refractivity contribution in [3.05, 3.63) is 35.3 Å². The Morgan fingerprint density at radius 2 is 2.04 bits per heavy atom. The molecule has 1 saturated carbocycles. The molecular weight excluding hydrogens is 336 g/mol. The third-order valence-electron chi connectivity index (χ3n) is 3.46. The maximum atomic E-state index is 13.1. The second kappa shape index (κ2) is 5.43. The maximum absolute atomic E-state index is 13.1. The van der Waals surface area contributed by atoms with Crippen LogP contribution in [0.1, 0.15) is 35.8 Å². The number of alkyl halides is 3. The van der Waals surface area contributed by atoms with Crippen LogP contribution in [0, 0.1) is 0 Å². The molecule has 2 aromatic heterocycles. The molecule has 1 aliphatic rings. The first-order chi connectivity index (χ1) is 10.7. The number of halogens is 3. The van der Waals surface area contributed by atoms with E-state index in [0.29, 0.717) is 0 Å². The van der Waals surface area contributed by atoms with Crippen LogP contribution in [0.3, 0.4) is 0 Å². The lowest BCUT2D eigenvalue weighted by Gasteiger charge is -2.11. The monoisotopic (exact) mass is 348 g/mol. The van der Waals surface area contributed by atoms with Gasteiger partial charge in [0.05, 0.1) is 6.16 Å². The Hall–Kier alpha value is -1.70. The van der Waals surface area contributed by atoms with Gasteiger partial charge in [-0.15, -0.1) is 0 Å². The molecule has 124 valence electrons. The molecule has 0 atom stereocenters. The number of pyridine rings is 1. The topological polar surface area (TPSA) is 96.5 Å². The molecule has 1 aliphatic carbocycles. The summed E-state index contributed by atoms with van der Waals surface area (Å²) in [5, 5.41) is 3.65. The number of hydrogen-bond acceptors (Lipinski definition) is 4. The predicted octanol–water partition coefficient (Wildman–Crippen LogP) is 3.31. The number of rotatable bonds is 4. The first kappa shape index (κ1) is 16.2. The fraction of sp³-hybridized carbons (Fsp3) is 0.385. The lowest BCUT2D eigenvalue weighted by Crippen LogP contribution is -2.10. The minimum Gasteiger partial charge on any atom is -0.360 e. The van der Waals surface area contributed by atoms with Crippen molar-refractivity contribution in [2.75, 3.05) is 0 Å². The average molecular weight is 348 g/mol. The molecule has 0 radical (unpaired) electrons. The van der Waals surface area contributed by atoms with E-state index < -0.39 is 25.6 Å². The highest BCUT2D eigenvalue weighted by Crippen LogP contribution is 2.50. The molecule has 0 aliphatic heterocycles. The smallest absolute Gasteiger partial charge is 0.360 e. The fourth-order valence-electron chi connectivity index (χ4n) is 2.38. The van der Waals surface area contributed by atoms with E-state index in [1.807, 2.05) is 0 Å². The summed E-state index contributed by atoms with van der Waals surface area (Å²) in [7, 11) is -4.50. The van der Waals surface area contributed by atoms with E-state index >= 15 is 0 Å². The molecule has 0 aromatic carbocycles. The summed E-state index contributed by atoms with van der Waals surface area (Å²) in [6, 6.07) is 2.46. The average Bonchev–Trinajstić information content (AvgIpc) is 3.19. The Balaban J connectivity index is 2.16. The lowest BCUT2D eigenvalue weighted by atomic mass is 10.0. The third-order valence-corrected chi connectivity index (χ3v) is 4.19. The number of nitrogens with zero attached hydrogens (tertiary/aromatic N) is 2. The second-order valence-electron chi connectivity index (χ2n) is 5.37. The molecule has 0 saturated heterocycles. The molecule has 0 bridgehead atoms. The van der Waals surface area contributed by atoms with E-state index in [-0.39, 0.29) is 28.5 Å². The summed E-state index contributed by atoms with van der Waals surface area (Å²) >= 11 is 0. The summed E-state index contributed by atoms with van der Waals surface area (Å²) < 4.78 is 55.8. The van der Waals surface area contributed by atoms with Crippen molar-refractivity contribution in [2.24, 2.45) is 0 Å². The van der Waals surface area contributed by atoms with E-state index in [9.17, 15) is 27.5 Å². The van der Waals surface area contributed by atoms with E-state index in [1.54, 1.807) is 0 Å². The lowest BCUT2D eigenvalue weighted by molar-refractivity contribution is -0.140. The summed E-state index contributed by atoms with van der Waals surface area (Å²) in [4.78, 5) is 21.8. The number of aromatic nitrogens is 2. The minimum atomic E-state index is -4.71. The number of hydrogen-bond donors (Lipinski definition) is 2. The first-order valence-corrected chi connectivity index (χ1v) is 8.52. The summed E-state index contributed by atoms with van der Waals surface area (Å²) in [6.07, 6.45) is -2.93. The van der Waals surface area contributed by atoms with E-state index in [4.69, 9.17) is 4.52 Å². The molecule has 23 heavy (non-hydrogen) atoms. The van der Waals surface area contributed by atoms with Gasteiger partial charge in [-0.05, 0) is 25.0 Å². The molecule has 2 N–H and O–H groups in total. The normalized spacial score (nSPS) is 15.9. The van der Waals surface area contributed by atoms with Crippen molar-refractivity contribution < 1.29 is 32.0 Å². The predicted molar refractivity (Wildman–Crippen MR) is 72.5 cm³/mol. The zero-order valence-electron chi connectivity index (χ0n) is 11.6.